The van der Waals surface area contributed by atoms with Crippen molar-refractivity contribution in [3.05, 3.63) is 89.0 Å². The number of fused-ring (bicyclic) bond motifs is 2. The summed E-state index contributed by atoms with van der Waals surface area (Å²) in [4.78, 5) is 21.6. The van der Waals surface area contributed by atoms with Crippen LogP contribution < -0.4 is 10.1 Å². The molecule has 10 heteroatoms. The Morgan fingerprint density at radius 1 is 1.18 bits per heavy atom. The van der Waals surface area contributed by atoms with E-state index in [1.807, 2.05) is 33.3 Å². The monoisotopic (exact) mass is 473 g/mol. The Morgan fingerprint density at radius 3 is 2.97 bits per heavy atom. The minimum atomic E-state index is -0.303. The van der Waals surface area contributed by atoms with Gasteiger partial charge in [0.2, 0.25) is 5.88 Å². The first-order valence-corrected chi connectivity index (χ1v) is 11.3. The zero-order valence-corrected chi connectivity index (χ0v) is 18.8. The summed E-state index contributed by atoms with van der Waals surface area (Å²) in [5, 5.41) is 11.3. The molecule has 5 aromatic heterocycles. The Hall–Kier alpha value is -3.98. The van der Waals surface area contributed by atoms with Crippen molar-refractivity contribution in [1.82, 2.24) is 34.3 Å². The second-order valence-electron chi connectivity index (χ2n) is 8.32. The topological polar surface area (TPSA) is 98.7 Å². The molecule has 0 spiro atoms. The van der Waals surface area contributed by atoms with Crippen LogP contribution in [0.15, 0.2) is 61.4 Å². The summed E-state index contributed by atoms with van der Waals surface area (Å²) in [6.45, 7) is 0.472. The van der Waals surface area contributed by atoms with E-state index in [1.165, 1.54) is 24.6 Å². The highest BCUT2D eigenvalue weighted by Crippen LogP contribution is 2.39. The number of rotatable bonds is 7. The van der Waals surface area contributed by atoms with Crippen LogP contribution in [0.3, 0.4) is 0 Å². The molecule has 1 aliphatic rings. The molecular formula is C24H20ClN7O2. The maximum atomic E-state index is 12.7. The predicted octanol–water partition coefficient (Wildman–Crippen LogP) is 3.81. The highest BCUT2D eigenvalue weighted by molar-refractivity contribution is 6.30. The summed E-state index contributed by atoms with van der Waals surface area (Å²) < 4.78 is 9.63. The lowest BCUT2D eigenvalue weighted by molar-refractivity contribution is 0.0949. The highest BCUT2D eigenvalue weighted by Gasteiger charge is 2.23. The van der Waals surface area contributed by atoms with Gasteiger partial charge in [0.25, 0.3) is 5.91 Å². The molecule has 0 aliphatic heterocycles. The molecule has 170 valence electrons. The van der Waals surface area contributed by atoms with Gasteiger partial charge in [-0.05, 0) is 42.5 Å². The van der Waals surface area contributed by atoms with E-state index in [-0.39, 0.29) is 24.9 Å². The Bertz CT molecular complexity index is 1520. The lowest BCUT2D eigenvalue weighted by Gasteiger charge is -2.06. The third kappa shape index (κ3) is 4.17. The van der Waals surface area contributed by atoms with E-state index < -0.39 is 0 Å². The van der Waals surface area contributed by atoms with Gasteiger partial charge in [-0.1, -0.05) is 17.7 Å². The third-order valence-corrected chi connectivity index (χ3v) is 6.07. The molecule has 1 fully saturated rings. The minimum Gasteiger partial charge on any atom is -0.470 e. The fourth-order valence-electron chi connectivity index (χ4n) is 3.90. The average Bonchev–Trinajstić information content (AvgIpc) is 3.51. The number of ether oxygens (including phenoxy) is 1. The van der Waals surface area contributed by atoms with Crippen LogP contribution in [0.5, 0.6) is 5.88 Å². The number of aromatic nitrogens is 6. The zero-order valence-electron chi connectivity index (χ0n) is 18.1. The normalized spacial score (nSPS) is 13.4. The van der Waals surface area contributed by atoms with Crippen LogP contribution in [0, 0.1) is 0 Å². The first-order chi connectivity index (χ1) is 16.6. The molecule has 0 unspecified atom stereocenters. The maximum Gasteiger partial charge on any atom is 0.253 e. The number of hydrogen-bond acceptors (Lipinski definition) is 6. The molecule has 5 aromatic rings. The number of nitrogens with one attached hydrogen (secondary N) is 1. The van der Waals surface area contributed by atoms with Gasteiger partial charge in [0.1, 0.15) is 12.3 Å². The second-order valence-corrected chi connectivity index (χ2v) is 8.75. The van der Waals surface area contributed by atoms with Crippen molar-refractivity contribution < 1.29 is 9.53 Å². The first-order valence-electron chi connectivity index (χ1n) is 10.9. The van der Waals surface area contributed by atoms with Crippen LogP contribution in [-0.4, -0.2) is 34.9 Å². The molecule has 5 heterocycles. The molecule has 6 rings (SSSR count). The van der Waals surface area contributed by atoms with Crippen LogP contribution in [0.25, 0.3) is 11.2 Å². The van der Waals surface area contributed by atoms with Crippen molar-refractivity contribution in [2.45, 2.75) is 31.9 Å². The molecule has 0 aromatic carbocycles. The molecular weight excluding hydrogens is 454 g/mol. The Balaban J connectivity index is 1.11. The molecule has 1 amide bonds. The summed E-state index contributed by atoms with van der Waals surface area (Å²) >= 11 is 6.08. The van der Waals surface area contributed by atoms with Crippen molar-refractivity contribution >= 4 is 28.7 Å². The number of amides is 1. The van der Waals surface area contributed by atoms with Gasteiger partial charge in [-0.2, -0.15) is 5.10 Å². The first kappa shape index (κ1) is 20.6. The quantitative estimate of drug-likeness (QED) is 0.386. The zero-order chi connectivity index (χ0) is 23.1. The van der Waals surface area contributed by atoms with Crippen LogP contribution in [0.1, 0.15) is 46.1 Å². The van der Waals surface area contributed by atoms with Crippen LogP contribution in [-0.2, 0) is 13.2 Å². The second kappa shape index (κ2) is 8.42. The van der Waals surface area contributed by atoms with Crippen molar-refractivity contribution in [3.63, 3.8) is 0 Å². The minimum absolute atomic E-state index is 0.224. The van der Waals surface area contributed by atoms with E-state index in [2.05, 4.69) is 37.7 Å². The predicted molar refractivity (Wildman–Crippen MR) is 125 cm³/mol. The van der Waals surface area contributed by atoms with E-state index in [1.54, 1.807) is 18.5 Å². The molecule has 1 saturated carbocycles. The largest absolute Gasteiger partial charge is 0.470 e. The van der Waals surface area contributed by atoms with Crippen molar-refractivity contribution in [2.24, 2.45) is 0 Å². The van der Waals surface area contributed by atoms with Crippen LogP contribution in [0.2, 0.25) is 5.02 Å². The van der Waals surface area contributed by atoms with Gasteiger partial charge in [-0.3, -0.25) is 4.79 Å². The number of hydrogen-bond donors (Lipinski definition) is 1. The summed E-state index contributed by atoms with van der Waals surface area (Å²) in [7, 11) is 0. The number of carbonyl (C=O) groups is 1. The van der Waals surface area contributed by atoms with Crippen molar-refractivity contribution in [1.29, 1.82) is 0 Å². The molecule has 0 saturated heterocycles. The maximum absolute atomic E-state index is 12.7. The molecule has 1 aliphatic carbocycles. The third-order valence-electron chi connectivity index (χ3n) is 5.83. The van der Waals surface area contributed by atoms with E-state index >= 15 is 0 Å². The van der Waals surface area contributed by atoms with Crippen LogP contribution >= 0.6 is 11.6 Å². The molecule has 0 atom stereocenters. The lowest BCUT2D eigenvalue weighted by atomic mass is 10.2. The van der Waals surface area contributed by atoms with E-state index in [0.29, 0.717) is 22.2 Å². The fraction of sp³-hybridized carbons (Fsp3) is 0.208. The number of carbonyl (C=O) groups excluding carboxylic acids is 1. The molecule has 9 nitrogen and oxygen atoms in total. The molecule has 34 heavy (non-hydrogen) atoms. The van der Waals surface area contributed by atoms with Gasteiger partial charge in [-0.15, -0.1) is 5.10 Å². The van der Waals surface area contributed by atoms with Gasteiger partial charge in [0.05, 0.1) is 41.5 Å². The Kier molecular flexibility index (Phi) is 5.10. The number of halogens is 1. The van der Waals surface area contributed by atoms with Crippen molar-refractivity contribution in [3.8, 4) is 5.88 Å². The summed E-state index contributed by atoms with van der Waals surface area (Å²) in [6, 6.07) is 9.31. The molecule has 1 N–H and O–H groups in total. The summed E-state index contributed by atoms with van der Waals surface area (Å²) in [6.07, 6.45) is 11.5. The van der Waals surface area contributed by atoms with Gasteiger partial charge in [-0.25, -0.2) is 9.97 Å². The standard InChI is InChI=1S/C24H20ClN7O2/c25-18-5-6-31-14-27-20(21(31)8-18)10-26-24(33)17-7-23(30-28-9-17)34-13-19-12-32-11-16(15-1-2-15)3-4-22(32)29-19/h3-9,11-12,14-15H,1-2,10,13H2,(H,26,33). The van der Waals surface area contributed by atoms with Gasteiger partial charge in [0, 0.05) is 29.7 Å². The lowest BCUT2D eigenvalue weighted by Crippen LogP contribution is -2.23. The highest BCUT2D eigenvalue weighted by atomic mass is 35.5. The Morgan fingerprint density at radius 2 is 2.09 bits per heavy atom. The number of imidazole rings is 2. The smallest absolute Gasteiger partial charge is 0.253 e. The van der Waals surface area contributed by atoms with E-state index in [9.17, 15) is 4.79 Å². The van der Waals surface area contributed by atoms with Crippen LogP contribution in [0.4, 0.5) is 0 Å². The number of pyridine rings is 2. The van der Waals surface area contributed by atoms with Gasteiger partial charge >= 0.3 is 0 Å². The van der Waals surface area contributed by atoms with E-state index in [4.69, 9.17) is 16.3 Å². The molecule has 0 bridgehead atoms. The average molecular weight is 474 g/mol. The molecule has 0 radical (unpaired) electrons. The van der Waals surface area contributed by atoms with Gasteiger partial charge in [0.15, 0.2) is 0 Å². The summed E-state index contributed by atoms with van der Waals surface area (Å²) in [5.74, 6) is 0.631. The van der Waals surface area contributed by atoms with Crippen molar-refractivity contribution in [2.75, 3.05) is 0 Å². The number of nitrogens with zero attached hydrogens (tertiary/aromatic N) is 6. The van der Waals surface area contributed by atoms with Gasteiger partial charge < -0.3 is 18.9 Å². The summed E-state index contributed by atoms with van der Waals surface area (Å²) in [5.41, 5.74) is 4.88. The SMILES string of the molecule is O=C(NCc1ncn2ccc(Cl)cc12)c1cnnc(OCc2cn3cc(C4CC4)ccc3n2)c1. The van der Waals surface area contributed by atoms with E-state index in [0.717, 1.165) is 16.9 Å². The Labute approximate surface area is 199 Å². The fourth-order valence-corrected chi connectivity index (χ4v) is 4.06.